The monoisotopic (exact) mass is 284 g/mol. The molecule has 0 amide bonds. The molecule has 0 radical (unpaired) electrons. The Bertz CT molecular complexity index is 598. The third-order valence-corrected chi connectivity index (χ3v) is 3.07. The van der Waals surface area contributed by atoms with Gasteiger partial charge in [-0.3, -0.25) is 0 Å². The molecule has 2 rings (SSSR count). The number of halogens is 3. The average Bonchev–Trinajstić information content (AvgIpc) is 2.84. The normalized spacial score (nSPS) is 12.7. The number of nitrogens with zero attached hydrogens (tertiary/aromatic N) is 2. The smallest absolute Gasteiger partial charge is 0.194 e. The molecule has 1 heterocycles. The van der Waals surface area contributed by atoms with Gasteiger partial charge in [0.15, 0.2) is 17.5 Å². The van der Waals surface area contributed by atoms with Gasteiger partial charge in [0.25, 0.3) is 0 Å². The van der Waals surface area contributed by atoms with Gasteiger partial charge in [0, 0.05) is 30.9 Å². The zero-order valence-corrected chi connectivity index (χ0v) is 11.0. The highest BCUT2D eigenvalue weighted by atomic mass is 19.2. The van der Waals surface area contributed by atoms with Gasteiger partial charge < -0.3 is 9.67 Å². The number of imidazole rings is 1. The van der Waals surface area contributed by atoms with Gasteiger partial charge in [-0.2, -0.15) is 0 Å². The Kier molecular flexibility index (Phi) is 4.44. The van der Waals surface area contributed by atoms with Crippen LogP contribution >= 0.6 is 0 Å². The van der Waals surface area contributed by atoms with Gasteiger partial charge in [0.1, 0.15) is 5.82 Å². The van der Waals surface area contributed by atoms with Crippen LogP contribution in [0.15, 0.2) is 24.5 Å². The van der Waals surface area contributed by atoms with Crippen LogP contribution in [0.2, 0.25) is 0 Å². The lowest BCUT2D eigenvalue weighted by molar-refractivity contribution is 0.168. The Morgan fingerprint density at radius 2 is 2.00 bits per heavy atom. The minimum Gasteiger partial charge on any atom is -0.388 e. The number of aryl methyl sites for hydroxylation is 1. The van der Waals surface area contributed by atoms with Crippen molar-refractivity contribution in [2.75, 3.05) is 0 Å². The fourth-order valence-corrected chi connectivity index (χ4v) is 2.06. The highest BCUT2D eigenvalue weighted by Gasteiger charge is 2.20. The van der Waals surface area contributed by atoms with Crippen LogP contribution in [0.5, 0.6) is 0 Å². The second-order valence-corrected chi connectivity index (χ2v) is 4.52. The summed E-state index contributed by atoms with van der Waals surface area (Å²) in [5.41, 5.74) is -0.269. The first-order chi connectivity index (χ1) is 9.54. The molecule has 0 spiro atoms. The highest BCUT2D eigenvalue weighted by molar-refractivity contribution is 5.23. The Balaban J connectivity index is 2.22. The Labute approximate surface area is 114 Å². The molecule has 0 aliphatic carbocycles. The molecule has 0 bridgehead atoms. The Hall–Kier alpha value is -1.82. The number of rotatable bonds is 5. The SMILES string of the molecule is CCCn1ccnc1CC(O)c1ccc(F)c(F)c1F. The molecule has 3 nitrogen and oxygen atoms in total. The van der Waals surface area contributed by atoms with Gasteiger partial charge in [0.05, 0.1) is 6.10 Å². The quantitative estimate of drug-likeness (QED) is 0.857. The Morgan fingerprint density at radius 3 is 2.70 bits per heavy atom. The molecule has 20 heavy (non-hydrogen) atoms. The first kappa shape index (κ1) is 14.6. The molecule has 1 atom stereocenters. The summed E-state index contributed by atoms with van der Waals surface area (Å²) in [5, 5.41) is 10.00. The maximum Gasteiger partial charge on any atom is 0.194 e. The first-order valence-electron chi connectivity index (χ1n) is 6.36. The van der Waals surface area contributed by atoms with Crippen molar-refractivity contribution in [3.63, 3.8) is 0 Å². The lowest BCUT2D eigenvalue weighted by atomic mass is 10.1. The summed E-state index contributed by atoms with van der Waals surface area (Å²) < 4.78 is 41.4. The third-order valence-electron chi connectivity index (χ3n) is 3.07. The van der Waals surface area contributed by atoms with E-state index in [9.17, 15) is 18.3 Å². The number of hydrogen-bond donors (Lipinski definition) is 1. The van der Waals surface area contributed by atoms with Gasteiger partial charge >= 0.3 is 0 Å². The van der Waals surface area contributed by atoms with Crippen molar-refractivity contribution in [2.24, 2.45) is 0 Å². The first-order valence-corrected chi connectivity index (χ1v) is 6.36. The molecule has 0 fully saturated rings. The minimum atomic E-state index is -1.57. The zero-order valence-electron chi connectivity index (χ0n) is 11.0. The average molecular weight is 284 g/mol. The number of benzene rings is 1. The molecular weight excluding hydrogens is 269 g/mol. The van der Waals surface area contributed by atoms with Crippen molar-refractivity contribution in [3.05, 3.63) is 53.4 Å². The molecular formula is C14H15F3N2O. The zero-order chi connectivity index (χ0) is 14.7. The molecule has 0 saturated heterocycles. The van der Waals surface area contributed by atoms with Crippen molar-refractivity contribution >= 4 is 0 Å². The summed E-state index contributed by atoms with van der Waals surface area (Å²) in [6.07, 6.45) is 2.99. The van der Waals surface area contributed by atoms with E-state index in [0.29, 0.717) is 5.82 Å². The minimum absolute atomic E-state index is 0.0367. The van der Waals surface area contributed by atoms with Gasteiger partial charge in [-0.15, -0.1) is 0 Å². The lowest BCUT2D eigenvalue weighted by Gasteiger charge is -2.13. The molecule has 0 aliphatic heterocycles. The molecule has 108 valence electrons. The highest BCUT2D eigenvalue weighted by Crippen LogP contribution is 2.24. The summed E-state index contributed by atoms with van der Waals surface area (Å²) in [7, 11) is 0. The van der Waals surface area contributed by atoms with Crippen LogP contribution in [0, 0.1) is 17.5 Å². The molecule has 1 aromatic heterocycles. The van der Waals surface area contributed by atoms with E-state index in [1.54, 1.807) is 12.4 Å². The second kappa shape index (κ2) is 6.09. The van der Waals surface area contributed by atoms with Gasteiger partial charge in [0.2, 0.25) is 0 Å². The van der Waals surface area contributed by atoms with E-state index in [2.05, 4.69) is 4.98 Å². The summed E-state index contributed by atoms with van der Waals surface area (Å²) in [6.45, 7) is 2.72. The van der Waals surface area contributed by atoms with Crippen molar-refractivity contribution in [3.8, 4) is 0 Å². The summed E-state index contributed by atoms with van der Waals surface area (Å²) in [6, 6.07) is 1.85. The van der Waals surface area contributed by atoms with E-state index < -0.39 is 23.6 Å². The fraction of sp³-hybridized carbons (Fsp3) is 0.357. The lowest BCUT2D eigenvalue weighted by Crippen LogP contribution is -2.11. The maximum atomic E-state index is 13.6. The maximum absolute atomic E-state index is 13.6. The van der Waals surface area contributed by atoms with Crippen molar-refractivity contribution in [1.29, 1.82) is 0 Å². The van der Waals surface area contributed by atoms with Crippen LogP contribution in [-0.4, -0.2) is 14.7 Å². The number of aliphatic hydroxyl groups excluding tert-OH is 1. The van der Waals surface area contributed by atoms with Crippen LogP contribution < -0.4 is 0 Å². The molecule has 6 heteroatoms. The van der Waals surface area contributed by atoms with E-state index in [4.69, 9.17) is 0 Å². The second-order valence-electron chi connectivity index (χ2n) is 4.52. The van der Waals surface area contributed by atoms with Crippen LogP contribution in [0.3, 0.4) is 0 Å². The van der Waals surface area contributed by atoms with E-state index in [1.807, 2.05) is 11.5 Å². The number of aliphatic hydroxyl groups is 1. The molecule has 1 unspecified atom stereocenters. The van der Waals surface area contributed by atoms with Crippen molar-refractivity contribution < 1.29 is 18.3 Å². The molecule has 1 aromatic carbocycles. The van der Waals surface area contributed by atoms with Gasteiger partial charge in [-0.05, 0) is 12.5 Å². The van der Waals surface area contributed by atoms with Crippen LogP contribution in [-0.2, 0) is 13.0 Å². The summed E-state index contributed by atoms with van der Waals surface area (Å²) in [5.74, 6) is -3.63. The largest absolute Gasteiger partial charge is 0.388 e. The van der Waals surface area contributed by atoms with Crippen LogP contribution in [0.4, 0.5) is 13.2 Å². The van der Waals surface area contributed by atoms with Crippen LogP contribution in [0.1, 0.15) is 30.8 Å². The van der Waals surface area contributed by atoms with E-state index in [-0.39, 0.29) is 12.0 Å². The third kappa shape index (κ3) is 2.85. The Morgan fingerprint density at radius 1 is 1.25 bits per heavy atom. The van der Waals surface area contributed by atoms with Gasteiger partial charge in [-0.1, -0.05) is 13.0 Å². The predicted molar refractivity (Wildman–Crippen MR) is 67.5 cm³/mol. The summed E-state index contributed by atoms with van der Waals surface area (Å²) >= 11 is 0. The predicted octanol–water partition coefficient (Wildman–Crippen LogP) is 2.99. The van der Waals surface area contributed by atoms with E-state index in [0.717, 1.165) is 25.1 Å². The topological polar surface area (TPSA) is 38.0 Å². The van der Waals surface area contributed by atoms with Gasteiger partial charge in [-0.25, -0.2) is 18.2 Å². The van der Waals surface area contributed by atoms with Crippen molar-refractivity contribution in [2.45, 2.75) is 32.4 Å². The molecule has 0 aliphatic rings. The van der Waals surface area contributed by atoms with E-state index >= 15 is 0 Å². The summed E-state index contributed by atoms with van der Waals surface area (Å²) in [4.78, 5) is 4.08. The molecule has 0 saturated carbocycles. The fourth-order valence-electron chi connectivity index (χ4n) is 2.06. The van der Waals surface area contributed by atoms with E-state index in [1.165, 1.54) is 0 Å². The van der Waals surface area contributed by atoms with Crippen molar-refractivity contribution in [1.82, 2.24) is 9.55 Å². The molecule has 2 aromatic rings. The van der Waals surface area contributed by atoms with Crippen LogP contribution in [0.25, 0.3) is 0 Å². The standard InChI is InChI=1S/C14H15F3N2O/c1-2-6-19-7-5-18-12(19)8-11(20)9-3-4-10(15)14(17)13(9)16/h3-5,7,11,20H,2,6,8H2,1H3. The number of aromatic nitrogens is 2. The molecule has 1 N–H and O–H groups in total. The number of hydrogen-bond acceptors (Lipinski definition) is 2.